The Morgan fingerprint density at radius 3 is 1.89 bits per heavy atom. The third-order valence-corrected chi connectivity index (χ3v) is 5.82. The van der Waals surface area contributed by atoms with Crippen LogP contribution < -0.4 is 0 Å². The zero-order valence-corrected chi connectivity index (χ0v) is 13.4. The van der Waals surface area contributed by atoms with Crippen molar-refractivity contribution in [2.75, 3.05) is 12.9 Å². The summed E-state index contributed by atoms with van der Waals surface area (Å²) in [6.07, 6.45) is 17.3. The van der Waals surface area contributed by atoms with Gasteiger partial charge in [-0.05, 0) is 32.1 Å². The quantitative estimate of drug-likeness (QED) is 0.610. The van der Waals surface area contributed by atoms with Gasteiger partial charge in [0, 0.05) is 17.8 Å². The fraction of sp³-hybridized carbons (Fsp3) is 0.882. The standard InChI is InChI=1S/C17H30OS/c1-18-16-13-14-19-17(16)15-11-9-7-5-3-2-4-6-8-10-12-15/h16H,2-14H2,1H3/t16-/m1/s1. The van der Waals surface area contributed by atoms with Crippen LogP contribution in [0.1, 0.15) is 77.0 Å². The van der Waals surface area contributed by atoms with Gasteiger partial charge < -0.3 is 4.74 Å². The maximum atomic E-state index is 5.67. The molecule has 0 aromatic rings. The van der Waals surface area contributed by atoms with Crippen molar-refractivity contribution in [2.45, 2.75) is 83.2 Å². The van der Waals surface area contributed by atoms with Crippen LogP contribution in [0, 0.1) is 0 Å². The number of hydrogen-bond donors (Lipinski definition) is 0. The molecule has 0 aromatic heterocycles. The maximum absolute atomic E-state index is 5.67. The van der Waals surface area contributed by atoms with E-state index in [0.717, 1.165) is 0 Å². The molecule has 0 aromatic carbocycles. The summed E-state index contributed by atoms with van der Waals surface area (Å²) in [5.74, 6) is 1.26. The van der Waals surface area contributed by atoms with Crippen molar-refractivity contribution in [3.63, 3.8) is 0 Å². The van der Waals surface area contributed by atoms with Crippen LogP contribution in [0.3, 0.4) is 0 Å². The summed E-state index contributed by atoms with van der Waals surface area (Å²) in [4.78, 5) is 1.61. The van der Waals surface area contributed by atoms with E-state index in [-0.39, 0.29) is 0 Å². The van der Waals surface area contributed by atoms with E-state index in [2.05, 4.69) is 11.8 Å². The van der Waals surface area contributed by atoms with Gasteiger partial charge in [-0.3, -0.25) is 0 Å². The third-order valence-electron chi connectivity index (χ3n) is 4.52. The second-order valence-electron chi connectivity index (χ2n) is 6.01. The van der Waals surface area contributed by atoms with E-state index in [9.17, 15) is 0 Å². The van der Waals surface area contributed by atoms with Gasteiger partial charge in [0.15, 0.2) is 0 Å². The lowest BCUT2D eigenvalue weighted by Crippen LogP contribution is -2.09. The minimum Gasteiger partial charge on any atom is -0.376 e. The molecule has 110 valence electrons. The lowest BCUT2D eigenvalue weighted by molar-refractivity contribution is 0.138. The third kappa shape index (κ3) is 5.15. The van der Waals surface area contributed by atoms with Crippen molar-refractivity contribution in [1.82, 2.24) is 0 Å². The largest absolute Gasteiger partial charge is 0.376 e. The van der Waals surface area contributed by atoms with E-state index in [4.69, 9.17) is 4.74 Å². The molecule has 1 aliphatic carbocycles. The van der Waals surface area contributed by atoms with Crippen molar-refractivity contribution in [3.05, 3.63) is 10.5 Å². The zero-order valence-electron chi connectivity index (χ0n) is 12.6. The Kier molecular flexibility index (Phi) is 7.37. The van der Waals surface area contributed by atoms with E-state index in [1.54, 1.807) is 10.5 Å². The minimum absolute atomic E-state index is 0.424. The van der Waals surface area contributed by atoms with E-state index in [0.29, 0.717) is 6.10 Å². The average molecular weight is 282 g/mol. The van der Waals surface area contributed by atoms with E-state index in [1.165, 1.54) is 82.8 Å². The van der Waals surface area contributed by atoms with Crippen LogP contribution in [0.4, 0.5) is 0 Å². The average Bonchev–Trinajstić information content (AvgIpc) is 2.87. The molecule has 2 fully saturated rings. The Morgan fingerprint density at radius 2 is 1.37 bits per heavy atom. The van der Waals surface area contributed by atoms with E-state index >= 15 is 0 Å². The van der Waals surface area contributed by atoms with E-state index < -0.39 is 0 Å². The molecule has 0 spiro atoms. The van der Waals surface area contributed by atoms with Crippen LogP contribution in [-0.2, 0) is 4.74 Å². The van der Waals surface area contributed by atoms with Crippen molar-refractivity contribution < 1.29 is 4.74 Å². The molecule has 0 radical (unpaired) electrons. The van der Waals surface area contributed by atoms with Gasteiger partial charge in [0.25, 0.3) is 0 Å². The molecule has 2 heteroatoms. The fourth-order valence-electron chi connectivity index (χ4n) is 3.34. The Balaban J connectivity index is 1.95. The van der Waals surface area contributed by atoms with Gasteiger partial charge in [0.05, 0.1) is 6.10 Å². The Morgan fingerprint density at radius 1 is 0.842 bits per heavy atom. The first-order chi connectivity index (χ1) is 9.42. The molecule has 2 aliphatic rings. The van der Waals surface area contributed by atoms with Crippen LogP contribution in [-0.4, -0.2) is 19.0 Å². The summed E-state index contributed by atoms with van der Waals surface area (Å²) in [5, 5.41) is 0. The molecule has 1 saturated carbocycles. The lowest BCUT2D eigenvalue weighted by atomic mass is 9.96. The van der Waals surface area contributed by atoms with Crippen molar-refractivity contribution in [1.29, 1.82) is 0 Å². The normalized spacial score (nSPS) is 27.9. The van der Waals surface area contributed by atoms with Gasteiger partial charge in [0.2, 0.25) is 0 Å². The van der Waals surface area contributed by atoms with Crippen molar-refractivity contribution >= 4 is 11.8 Å². The number of hydrogen-bond acceptors (Lipinski definition) is 2. The van der Waals surface area contributed by atoms with Gasteiger partial charge >= 0.3 is 0 Å². The number of allylic oxidation sites excluding steroid dienone is 1. The minimum atomic E-state index is 0.424. The highest BCUT2D eigenvalue weighted by molar-refractivity contribution is 8.03. The fourth-order valence-corrected chi connectivity index (χ4v) is 4.70. The van der Waals surface area contributed by atoms with Crippen molar-refractivity contribution in [2.24, 2.45) is 0 Å². The summed E-state index contributed by atoms with van der Waals surface area (Å²) in [7, 11) is 1.88. The first-order valence-electron chi connectivity index (χ1n) is 8.29. The molecule has 0 unspecified atom stereocenters. The highest BCUT2D eigenvalue weighted by Gasteiger charge is 2.24. The van der Waals surface area contributed by atoms with Crippen LogP contribution in [0.5, 0.6) is 0 Å². The molecule has 1 saturated heterocycles. The van der Waals surface area contributed by atoms with Crippen LogP contribution in [0.15, 0.2) is 10.5 Å². The number of ether oxygens (including phenoxy) is 1. The van der Waals surface area contributed by atoms with Gasteiger partial charge in [0.1, 0.15) is 0 Å². The number of methoxy groups -OCH3 is 1. The molecule has 1 nitrogen and oxygen atoms in total. The maximum Gasteiger partial charge on any atom is 0.0886 e. The first-order valence-corrected chi connectivity index (χ1v) is 9.28. The Bertz CT molecular complexity index is 271. The highest BCUT2D eigenvalue weighted by atomic mass is 32.2. The molecule has 0 bridgehead atoms. The summed E-state index contributed by atoms with van der Waals surface area (Å²) < 4.78 is 5.67. The topological polar surface area (TPSA) is 9.23 Å². The molecule has 1 aliphatic heterocycles. The summed E-state index contributed by atoms with van der Waals surface area (Å²) in [5.41, 5.74) is 1.75. The highest BCUT2D eigenvalue weighted by Crippen LogP contribution is 2.38. The zero-order chi connectivity index (χ0) is 13.3. The lowest BCUT2D eigenvalue weighted by Gasteiger charge is -2.17. The van der Waals surface area contributed by atoms with Gasteiger partial charge in [-0.25, -0.2) is 0 Å². The monoisotopic (exact) mass is 282 g/mol. The second-order valence-corrected chi connectivity index (χ2v) is 7.15. The second kappa shape index (κ2) is 9.07. The molecule has 2 rings (SSSR count). The molecule has 0 N–H and O–H groups in total. The predicted octanol–water partition coefficient (Wildman–Crippen LogP) is 5.70. The predicted molar refractivity (Wildman–Crippen MR) is 85.7 cm³/mol. The molecule has 1 heterocycles. The Hall–Kier alpha value is 0.0500. The van der Waals surface area contributed by atoms with Gasteiger partial charge in [-0.15, -0.1) is 11.8 Å². The summed E-state index contributed by atoms with van der Waals surface area (Å²) in [6, 6.07) is 0. The van der Waals surface area contributed by atoms with Gasteiger partial charge in [-0.1, -0.05) is 50.5 Å². The molecular weight excluding hydrogens is 252 g/mol. The van der Waals surface area contributed by atoms with Crippen LogP contribution >= 0.6 is 11.8 Å². The number of thioether (sulfide) groups is 1. The first kappa shape index (κ1) is 15.4. The van der Waals surface area contributed by atoms with Gasteiger partial charge in [-0.2, -0.15) is 0 Å². The molecular formula is C17H30OS. The van der Waals surface area contributed by atoms with Crippen molar-refractivity contribution in [3.8, 4) is 0 Å². The number of rotatable bonds is 1. The molecule has 0 amide bonds. The SMILES string of the molecule is CO[C@@H]1CCSC1=C1CCCCCCCCCCC1. The summed E-state index contributed by atoms with van der Waals surface area (Å²) in [6.45, 7) is 0. The van der Waals surface area contributed by atoms with Crippen LogP contribution in [0.2, 0.25) is 0 Å². The Labute approximate surface area is 123 Å². The summed E-state index contributed by atoms with van der Waals surface area (Å²) >= 11 is 2.07. The van der Waals surface area contributed by atoms with E-state index in [1.807, 2.05) is 7.11 Å². The smallest absolute Gasteiger partial charge is 0.0886 e. The molecule has 19 heavy (non-hydrogen) atoms. The molecule has 1 atom stereocenters. The van der Waals surface area contributed by atoms with Crippen LogP contribution in [0.25, 0.3) is 0 Å².